The molecule has 2 N–H and O–H groups in total. The minimum atomic E-state index is -0.458. The van der Waals surface area contributed by atoms with Gasteiger partial charge < -0.3 is 19.9 Å². The molecule has 0 fully saturated rings. The van der Waals surface area contributed by atoms with Gasteiger partial charge in [-0.2, -0.15) is 0 Å². The van der Waals surface area contributed by atoms with Crippen LogP contribution in [-0.4, -0.2) is 39.4 Å². The highest BCUT2D eigenvalue weighted by molar-refractivity contribution is 7.99. The highest BCUT2D eigenvalue weighted by Gasteiger charge is 2.20. The van der Waals surface area contributed by atoms with E-state index in [0.29, 0.717) is 38.0 Å². The molecule has 0 saturated carbocycles. The Bertz CT molecular complexity index is 1190. The van der Waals surface area contributed by atoms with E-state index in [-0.39, 0.29) is 22.6 Å². The number of hydrogen-bond donors (Lipinski definition) is 2. The average molecular weight is 529 g/mol. The van der Waals surface area contributed by atoms with E-state index >= 15 is 0 Å². The molecule has 3 rings (SSSR count). The van der Waals surface area contributed by atoms with E-state index < -0.39 is 6.04 Å². The molecule has 0 spiro atoms. The maximum absolute atomic E-state index is 12.6. The highest BCUT2D eigenvalue weighted by atomic mass is 35.5. The number of rotatable bonds is 8. The van der Waals surface area contributed by atoms with Crippen molar-refractivity contribution in [1.29, 1.82) is 0 Å². The number of ether oxygens (including phenoxy) is 1. The first-order valence-corrected chi connectivity index (χ1v) is 11.7. The number of anilines is 1. The zero-order chi connectivity index (χ0) is 24.1. The first kappa shape index (κ1) is 25.2. The van der Waals surface area contributed by atoms with Crippen molar-refractivity contribution in [3.05, 3.63) is 62.9 Å². The lowest BCUT2D eigenvalue weighted by Crippen LogP contribution is -2.28. The fraction of sp³-hybridized carbons (Fsp3) is 0.238. The van der Waals surface area contributed by atoms with Crippen molar-refractivity contribution < 1.29 is 14.3 Å². The molecule has 1 atom stereocenters. The molecular weight excluding hydrogens is 509 g/mol. The Morgan fingerprint density at radius 3 is 2.52 bits per heavy atom. The van der Waals surface area contributed by atoms with Crippen LogP contribution in [0.4, 0.5) is 5.69 Å². The lowest BCUT2D eigenvalue weighted by molar-refractivity contribution is -0.113. The monoisotopic (exact) mass is 527 g/mol. The summed E-state index contributed by atoms with van der Waals surface area (Å²) in [6.45, 7) is 1.78. The molecule has 0 unspecified atom stereocenters. The van der Waals surface area contributed by atoms with Gasteiger partial charge in [-0.05, 0) is 43.3 Å². The van der Waals surface area contributed by atoms with Gasteiger partial charge in [0, 0.05) is 17.1 Å². The number of aromatic nitrogens is 3. The van der Waals surface area contributed by atoms with Crippen LogP contribution in [-0.2, 0) is 11.8 Å². The van der Waals surface area contributed by atoms with Crippen LogP contribution in [0.3, 0.4) is 0 Å². The number of nitrogens with one attached hydrogen (secondary N) is 2. The van der Waals surface area contributed by atoms with E-state index in [4.69, 9.17) is 39.5 Å². The third kappa shape index (κ3) is 6.32. The second kappa shape index (κ2) is 11.1. The summed E-state index contributed by atoms with van der Waals surface area (Å²) in [4.78, 5) is 25.0. The Balaban J connectivity index is 1.61. The highest BCUT2D eigenvalue weighted by Crippen LogP contribution is 2.28. The molecule has 0 aliphatic rings. The van der Waals surface area contributed by atoms with Crippen molar-refractivity contribution >= 4 is 64.1 Å². The summed E-state index contributed by atoms with van der Waals surface area (Å²) in [5, 5.41) is 15.6. The van der Waals surface area contributed by atoms with Crippen LogP contribution in [0.25, 0.3) is 0 Å². The fourth-order valence-electron chi connectivity index (χ4n) is 2.94. The zero-order valence-electron chi connectivity index (χ0n) is 17.9. The SMILES string of the molecule is COc1ccc(Cl)cc1NC(=O)CSc1nnc([C@@H](C)NC(=O)c2ccc(Cl)cc2Cl)n1C. The first-order valence-electron chi connectivity index (χ1n) is 9.61. The standard InChI is InChI=1S/C21H20Cl3N5O3S/c1-11(25-20(31)14-6-4-12(22)8-15(14)24)19-27-28-21(29(19)2)33-10-18(30)26-16-9-13(23)5-7-17(16)32-3/h4-9,11H,10H2,1-3H3,(H,25,31)(H,26,30)/t11-/m1/s1. The summed E-state index contributed by atoms with van der Waals surface area (Å²) in [6.07, 6.45) is 0. The number of benzene rings is 2. The van der Waals surface area contributed by atoms with E-state index in [2.05, 4.69) is 20.8 Å². The maximum Gasteiger partial charge on any atom is 0.253 e. The van der Waals surface area contributed by atoms with Crippen LogP contribution in [0.2, 0.25) is 15.1 Å². The molecule has 2 aromatic carbocycles. The molecule has 1 aromatic heterocycles. The van der Waals surface area contributed by atoms with Crippen molar-refractivity contribution in [2.45, 2.75) is 18.1 Å². The third-order valence-electron chi connectivity index (χ3n) is 4.55. The molecule has 12 heteroatoms. The topological polar surface area (TPSA) is 98.1 Å². The Hall–Kier alpha value is -2.46. The Morgan fingerprint density at radius 1 is 1.12 bits per heavy atom. The summed E-state index contributed by atoms with van der Waals surface area (Å²) in [7, 11) is 3.27. The number of carbonyl (C=O) groups excluding carboxylic acids is 2. The van der Waals surface area contributed by atoms with Gasteiger partial charge in [0.05, 0.1) is 35.2 Å². The van der Waals surface area contributed by atoms with Gasteiger partial charge in [-0.15, -0.1) is 10.2 Å². The second-order valence-corrected chi connectivity index (χ2v) is 9.12. The van der Waals surface area contributed by atoms with E-state index in [1.165, 1.54) is 24.9 Å². The molecule has 0 aliphatic carbocycles. The van der Waals surface area contributed by atoms with Gasteiger partial charge in [0.15, 0.2) is 11.0 Å². The maximum atomic E-state index is 12.6. The molecule has 0 aliphatic heterocycles. The molecule has 174 valence electrons. The lowest BCUT2D eigenvalue weighted by Gasteiger charge is -2.14. The largest absolute Gasteiger partial charge is 0.495 e. The molecule has 8 nitrogen and oxygen atoms in total. The predicted molar refractivity (Wildman–Crippen MR) is 131 cm³/mol. The van der Waals surface area contributed by atoms with Crippen molar-refractivity contribution in [2.24, 2.45) is 7.05 Å². The van der Waals surface area contributed by atoms with Gasteiger partial charge in [-0.1, -0.05) is 46.6 Å². The molecular formula is C21H20Cl3N5O3S. The van der Waals surface area contributed by atoms with Crippen molar-refractivity contribution in [2.75, 3.05) is 18.2 Å². The van der Waals surface area contributed by atoms with Gasteiger partial charge >= 0.3 is 0 Å². The van der Waals surface area contributed by atoms with Gasteiger partial charge in [-0.3, -0.25) is 9.59 Å². The van der Waals surface area contributed by atoms with E-state index in [1.54, 1.807) is 48.9 Å². The van der Waals surface area contributed by atoms with Crippen LogP contribution in [0.1, 0.15) is 29.1 Å². The summed E-state index contributed by atoms with van der Waals surface area (Å²) in [5.74, 6) is 0.486. The van der Waals surface area contributed by atoms with Crippen molar-refractivity contribution in [3.63, 3.8) is 0 Å². The zero-order valence-corrected chi connectivity index (χ0v) is 20.9. The number of methoxy groups -OCH3 is 1. The van der Waals surface area contributed by atoms with Gasteiger partial charge in [0.1, 0.15) is 5.75 Å². The fourth-order valence-corrected chi connectivity index (χ4v) is 4.32. The molecule has 0 bridgehead atoms. The summed E-state index contributed by atoms with van der Waals surface area (Å²) < 4.78 is 6.95. The third-order valence-corrected chi connectivity index (χ3v) is 6.35. The number of nitrogens with zero attached hydrogens (tertiary/aromatic N) is 3. The number of halogens is 3. The van der Waals surface area contributed by atoms with Crippen LogP contribution in [0, 0.1) is 0 Å². The molecule has 2 amide bonds. The van der Waals surface area contributed by atoms with Crippen molar-refractivity contribution in [1.82, 2.24) is 20.1 Å². The molecule has 33 heavy (non-hydrogen) atoms. The van der Waals surface area contributed by atoms with Crippen molar-refractivity contribution in [3.8, 4) is 5.75 Å². The molecule has 0 saturated heterocycles. The molecule has 0 radical (unpaired) electrons. The molecule has 1 heterocycles. The lowest BCUT2D eigenvalue weighted by atomic mass is 10.2. The predicted octanol–water partition coefficient (Wildman–Crippen LogP) is 5.01. The van der Waals surface area contributed by atoms with E-state index in [1.807, 2.05) is 0 Å². The Morgan fingerprint density at radius 2 is 1.82 bits per heavy atom. The van der Waals surface area contributed by atoms with Gasteiger partial charge in [-0.25, -0.2) is 0 Å². The van der Waals surface area contributed by atoms with Crippen LogP contribution in [0.15, 0.2) is 41.6 Å². The Kier molecular flexibility index (Phi) is 8.47. The van der Waals surface area contributed by atoms with Crippen LogP contribution >= 0.6 is 46.6 Å². The minimum Gasteiger partial charge on any atom is -0.495 e. The van der Waals surface area contributed by atoms with Gasteiger partial charge in [0.25, 0.3) is 5.91 Å². The normalized spacial score (nSPS) is 11.7. The van der Waals surface area contributed by atoms with E-state index in [0.717, 1.165) is 0 Å². The number of amides is 2. The number of carbonyl (C=O) groups is 2. The van der Waals surface area contributed by atoms with Gasteiger partial charge in [0.2, 0.25) is 5.91 Å². The second-order valence-electron chi connectivity index (χ2n) is 6.90. The minimum absolute atomic E-state index is 0.0861. The first-order chi connectivity index (χ1) is 15.7. The number of thioether (sulfide) groups is 1. The summed E-state index contributed by atoms with van der Waals surface area (Å²) >= 11 is 19.2. The quantitative estimate of drug-likeness (QED) is 0.399. The smallest absolute Gasteiger partial charge is 0.253 e. The van der Waals surface area contributed by atoms with E-state index in [9.17, 15) is 9.59 Å². The van der Waals surface area contributed by atoms with Crippen LogP contribution < -0.4 is 15.4 Å². The summed E-state index contributed by atoms with van der Waals surface area (Å²) in [6, 6.07) is 9.15. The summed E-state index contributed by atoms with van der Waals surface area (Å²) in [5.41, 5.74) is 0.782. The van der Waals surface area contributed by atoms with Crippen LogP contribution in [0.5, 0.6) is 5.75 Å². The Labute approximate surface area is 209 Å². The number of hydrogen-bond acceptors (Lipinski definition) is 6. The average Bonchev–Trinajstić information content (AvgIpc) is 3.12. The molecule has 3 aromatic rings.